The van der Waals surface area contributed by atoms with E-state index < -0.39 is 18.2 Å². The van der Waals surface area contributed by atoms with Gasteiger partial charge in [-0.25, -0.2) is 9.59 Å². The van der Waals surface area contributed by atoms with Gasteiger partial charge in [0, 0.05) is 11.9 Å². The highest BCUT2D eigenvalue weighted by molar-refractivity contribution is 7.18. The average molecular weight is 429 g/mol. The Balaban J connectivity index is 1.55. The van der Waals surface area contributed by atoms with Crippen LogP contribution in [0.5, 0.6) is 0 Å². The minimum Gasteiger partial charge on any atom is -0.442 e. The lowest BCUT2D eigenvalue weighted by Crippen LogP contribution is -2.34. The third-order valence-electron chi connectivity index (χ3n) is 3.84. The number of urea groups is 1. The lowest BCUT2D eigenvalue weighted by atomic mass is 10.3. The van der Waals surface area contributed by atoms with E-state index in [-0.39, 0.29) is 12.5 Å². The summed E-state index contributed by atoms with van der Waals surface area (Å²) in [6.45, 7) is 0.904. The molecule has 1 aliphatic heterocycles. The molecule has 4 amide bonds. The number of nitrogens with zero attached hydrogens (tertiary/aromatic N) is 2. The molecule has 0 unspecified atom stereocenters. The van der Waals surface area contributed by atoms with Crippen molar-refractivity contribution in [2.75, 3.05) is 25.0 Å². The smallest absolute Gasteiger partial charge is 0.415 e. The Labute approximate surface area is 168 Å². The van der Waals surface area contributed by atoms with Crippen molar-refractivity contribution in [3.8, 4) is 0 Å². The van der Waals surface area contributed by atoms with Crippen molar-refractivity contribution in [3.05, 3.63) is 38.4 Å². The van der Waals surface area contributed by atoms with Crippen LogP contribution < -0.4 is 16.0 Å². The molecule has 144 valence electrons. The van der Waals surface area contributed by atoms with Gasteiger partial charge in [0.1, 0.15) is 11.1 Å². The lowest BCUT2D eigenvalue weighted by Gasteiger charge is -2.13. The quantitative estimate of drug-likeness (QED) is 0.737. The number of carbonyl (C=O) groups excluding carboxylic acids is 3. The number of ether oxygens (including phenoxy) is 1. The normalized spacial score (nSPS) is 16.3. The predicted octanol–water partition coefficient (Wildman–Crippen LogP) is 2.73. The second kappa shape index (κ2) is 8.15. The van der Waals surface area contributed by atoms with Crippen molar-refractivity contribution in [1.29, 1.82) is 0 Å². The van der Waals surface area contributed by atoms with Crippen LogP contribution in [0.2, 0.25) is 4.34 Å². The summed E-state index contributed by atoms with van der Waals surface area (Å²) < 4.78 is 5.86. The molecule has 11 heteroatoms. The zero-order chi connectivity index (χ0) is 19.6. The summed E-state index contributed by atoms with van der Waals surface area (Å²) in [5.41, 5.74) is 5.22. The molecule has 0 aromatic carbocycles. The highest BCUT2D eigenvalue weighted by Crippen LogP contribution is 2.30. The molecule has 2 aromatic rings. The van der Waals surface area contributed by atoms with Gasteiger partial charge in [0.2, 0.25) is 0 Å². The number of anilines is 1. The van der Waals surface area contributed by atoms with Gasteiger partial charge in [-0.2, -0.15) is 0 Å². The molecule has 3 heterocycles. The molecule has 0 spiro atoms. The predicted molar refractivity (Wildman–Crippen MR) is 105 cm³/mol. The summed E-state index contributed by atoms with van der Waals surface area (Å²) in [5, 5.41) is 3.46. The van der Waals surface area contributed by atoms with Gasteiger partial charge in [-0.05, 0) is 24.3 Å². The van der Waals surface area contributed by atoms with E-state index in [2.05, 4.69) is 5.32 Å². The van der Waals surface area contributed by atoms with E-state index in [0.717, 1.165) is 4.88 Å². The molecular formula is C16H17ClN4O4S2. The Kier molecular flexibility index (Phi) is 5.88. The second-order valence-electron chi connectivity index (χ2n) is 5.86. The molecule has 0 bridgehead atoms. The summed E-state index contributed by atoms with van der Waals surface area (Å²) in [6, 6.07) is 6.41. The molecule has 27 heavy (non-hydrogen) atoms. The third kappa shape index (κ3) is 4.71. The van der Waals surface area contributed by atoms with E-state index >= 15 is 0 Å². The fourth-order valence-corrected chi connectivity index (χ4v) is 4.46. The van der Waals surface area contributed by atoms with Crippen molar-refractivity contribution in [2.24, 2.45) is 5.73 Å². The van der Waals surface area contributed by atoms with E-state index in [0.29, 0.717) is 27.3 Å². The highest BCUT2D eigenvalue weighted by Gasteiger charge is 2.33. The lowest BCUT2D eigenvalue weighted by molar-refractivity contribution is 0.0920. The molecule has 1 saturated heterocycles. The zero-order valence-corrected chi connectivity index (χ0v) is 16.7. The Morgan fingerprint density at radius 2 is 2.15 bits per heavy atom. The number of carbonyl (C=O) groups is 3. The first-order valence-electron chi connectivity index (χ1n) is 7.94. The minimum atomic E-state index is -0.520. The van der Waals surface area contributed by atoms with Crippen LogP contribution in [-0.4, -0.2) is 49.2 Å². The van der Waals surface area contributed by atoms with Gasteiger partial charge in [-0.1, -0.05) is 11.6 Å². The van der Waals surface area contributed by atoms with Crippen LogP contribution in [0.3, 0.4) is 0 Å². The number of hydrogen-bond donors (Lipinski definition) is 2. The van der Waals surface area contributed by atoms with Gasteiger partial charge in [0.25, 0.3) is 5.91 Å². The fraction of sp³-hybridized carbons (Fsp3) is 0.312. The SMILES string of the molecule is CN(Cc1ccc(N2C[C@H](CNC(=O)c3ccc(Cl)s3)OC2=O)s1)C(N)=O. The van der Waals surface area contributed by atoms with Crippen molar-refractivity contribution in [1.82, 2.24) is 10.2 Å². The summed E-state index contributed by atoms with van der Waals surface area (Å²) in [5.74, 6) is -0.255. The topological polar surface area (TPSA) is 105 Å². The number of cyclic esters (lactones) is 1. The first-order chi connectivity index (χ1) is 12.8. The number of nitrogens with one attached hydrogen (secondary N) is 1. The Bertz CT molecular complexity index is 868. The van der Waals surface area contributed by atoms with E-state index in [9.17, 15) is 14.4 Å². The summed E-state index contributed by atoms with van der Waals surface area (Å²) in [7, 11) is 1.60. The number of amides is 4. The van der Waals surface area contributed by atoms with E-state index in [4.69, 9.17) is 22.1 Å². The molecule has 0 saturated carbocycles. The maximum absolute atomic E-state index is 12.1. The van der Waals surface area contributed by atoms with Crippen molar-refractivity contribution >= 4 is 57.3 Å². The number of nitrogens with two attached hydrogens (primary N) is 1. The van der Waals surface area contributed by atoms with E-state index in [1.807, 2.05) is 6.07 Å². The third-order valence-corrected chi connectivity index (χ3v) is 6.17. The maximum atomic E-state index is 12.1. The van der Waals surface area contributed by atoms with Gasteiger partial charge in [-0.3, -0.25) is 9.69 Å². The second-order valence-corrected chi connectivity index (χ2v) is 8.73. The first-order valence-corrected chi connectivity index (χ1v) is 9.95. The van der Waals surface area contributed by atoms with Gasteiger partial charge in [0.05, 0.1) is 28.8 Å². The zero-order valence-electron chi connectivity index (χ0n) is 14.3. The van der Waals surface area contributed by atoms with Crippen LogP contribution in [0.25, 0.3) is 0 Å². The molecule has 1 atom stereocenters. The molecule has 0 aliphatic carbocycles. The summed E-state index contributed by atoms with van der Waals surface area (Å²) in [4.78, 5) is 39.6. The van der Waals surface area contributed by atoms with Crippen LogP contribution >= 0.6 is 34.3 Å². The molecule has 3 rings (SSSR count). The largest absolute Gasteiger partial charge is 0.442 e. The van der Waals surface area contributed by atoms with Gasteiger partial charge in [0.15, 0.2) is 0 Å². The Hall–Kier alpha value is -2.30. The fourth-order valence-electron chi connectivity index (χ4n) is 2.45. The highest BCUT2D eigenvalue weighted by atomic mass is 35.5. The van der Waals surface area contributed by atoms with Gasteiger partial charge >= 0.3 is 12.1 Å². The van der Waals surface area contributed by atoms with Crippen molar-refractivity contribution in [3.63, 3.8) is 0 Å². The number of primary amides is 1. The Morgan fingerprint density at radius 1 is 1.37 bits per heavy atom. The van der Waals surface area contributed by atoms with E-state index in [1.165, 1.54) is 32.5 Å². The molecule has 2 aromatic heterocycles. The summed E-state index contributed by atoms with van der Waals surface area (Å²) in [6.07, 6.45) is -0.916. The number of hydrogen-bond acceptors (Lipinski definition) is 6. The minimum absolute atomic E-state index is 0.208. The molecule has 1 fully saturated rings. The number of rotatable bonds is 6. The molecule has 1 aliphatic rings. The standard InChI is InChI=1S/C16H17ClN4O4S2/c1-20(15(18)23)8-10-2-5-13(26-10)21-7-9(25-16(21)24)6-19-14(22)11-3-4-12(17)27-11/h2-5,9H,6-8H2,1H3,(H2,18,23)(H,19,22)/t9-/m0/s1. The van der Waals surface area contributed by atoms with Crippen molar-refractivity contribution < 1.29 is 19.1 Å². The number of halogens is 1. The van der Waals surface area contributed by atoms with Gasteiger partial charge in [-0.15, -0.1) is 22.7 Å². The number of thiophene rings is 2. The summed E-state index contributed by atoms with van der Waals surface area (Å²) >= 11 is 8.39. The van der Waals surface area contributed by atoms with Crippen LogP contribution in [0, 0.1) is 0 Å². The van der Waals surface area contributed by atoms with Crippen LogP contribution in [0.15, 0.2) is 24.3 Å². The average Bonchev–Trinajstić information content (AvgIpc) is 3.33. The molecule has 0 radical (unpaired) electrons. The Morgan fingerprint density at radius 3 is 2.81 bits per heavy atom. The van der Waals surface area contributed by atoms with Crippen LogP contribution in [0.4, 0.5) is 14.6 Å². The molecular weight excluding hydrogens is 412 g/mol. The first kappa shape index (κ1) is 19.5. The molecule has 8 nitrogen and oxygen atoms in total. The van der Waals surface area contributed by atoms with E-state index in [1.54, 1.807) is 25.2 Å². The van der Waals surface area contributed by atoms with Crippen molar-refractivity contribution in [2.45, 2.75) is 12.6 Å². The maximum Gasteiger partial charge on any atom is 0.415 e. The monoisotopic (exact) mass is 428 g/mol. The van der Waals surface area contributed by atoms with Crippen LogP contribution in [0.1, 0.15) is 14.5 Å². The van der Waals surface area contributed by atoms with Crippen LogP contribution in [-0.2, 0) is 11.3 Å². The molecule has 3 N–H and O–H groups in total. The van der Waals surface area contributed by atoms with Gasteiger partial charge < -0.3 is 20.7 Å².